The van der Waals surface area contributed by atoms with Gasteiger partial charge in [-0.3, -0.25) is 9.78 Å². The number of carbonyl (C=O) groups excluding carboxylic acids is 1. The Bertz CT molecular complexity index is 553. The number of pyridine rings is 1. The van der Waals surface area contributed by atoms with Gasteiger partial charge in [-0.25, -0.2) is 4.79 Å². The molecule has 0 aliphatic carbocycles. The smallest absolute Gasteiger partial charge is 0.335 e. The molecule has 0 atom stereocenters. The molecule has 0 saturated carbocycles. The van der Waals surface area contributed by atoms with E-state index in [1.807, 2.05) is 0 Å². The Labute approximate surface area is 109 Å². The van der Waals surface area contributed by atoms with E-state index in [2.05, 4.69) is 4.98 Å². The number of carboxylic acids is 1. The molecule has 2 rings (SSSR count). The van der Waals surface area contributed by atoms with Crippen molar-refractivity contribution in [2.45, 2.75) is 0 Å². The number of nitrogens with zero attached hydrogens (tertiary/aromatic N) is 1. The Hall–Kier alpha value is -2.89. The van der Waals surface area contributed by atoms with Crippen LogP contribution in [0.1, 0.15) is 20.7 Å². The molecule has 0 fully saturated rings. The maximum atomic E-state index is 10.4. The van der Waals surface area contributed by atoms with Crippen LogP contribution in [-0.2, 0) is 0 Å². The number of benzene rings is 1. The lowest BCUT2D eigenvalue weighted by Gasteiger charge is -1.93. The first-order chi connectivity index (χ1) is 9.00. The second-order valence-corrected chi connectivity index (χ2v) is 3.53. The van der Waals surface area contributed by atoms with Crippen LogP contribution in [-0.4, -0.2) is 22.0 Å². The van der Waals surface area contributed by atoms with E-state index in [4.69, 9.17) is 16.6 Å². The molecule has 1 aromatic heterocycles. The van der Waals surface area contributed by atoms with Crippen LogP contribution in [0.15, 0.2) is 48.8 Å². The maximum Gasteiger partial charge on any atom is 0.335 e. The zero-order chi connectivity index (χ0) is 14.3. The van der Waals surface area contributed by atoms with Crippen molar-refractivity contribution < 1.29 is 14.7 Å². The number of carboxylic acid groups (broad SMARTS) is 1. The first kappa shape index (κ1) is 14.2. The molecule has 0 unspecified atom stereocenters. The third-order valence-corrected chi connectivity index (χ3v) is 2.10. The van der Waals surface area contributed by atoms with Crippen molar-refractivity contribution in [3.63, 3.8) is 0 Å². The molecule has 6 heteroatoms. The second kappa shape index (κ2) is 6.75. The van der Waals surface area contributed by atoms with Crippen molar-refractivity contribution >= 4 is 17.6 Å². The summed E-state index contributed by atoms with van der Waals surface area (Å²) in [7, 11) is 0. The monoisotopic (exact) mass is 259 g/mol. The molecule has 0 radical (unpaired) electrons. The summed E-state index contributed by atoms with van der Waals surface area (Å²) in [5.74, 6) is -1.37. The first-order valence-electron chi connectivity index (χ1n) is 5.29. The number of carbonyl (C=O) groups is 2. The topological polar surface area (TPSA) is 119 Å². The number of rotatable bonds is 2. The zero-order valence-corrected chi connectivity index (χ0v) is 9.98. The number of hydrogen-bond donors (Lipinski definition) is 3. The van der Waals surface area contributed by atoms with Gasteiger partial charge in [0.15, 0.2) is 0 Å². The van der Waals surface area contributed by atoms with Gasteiger partial charge in [0.25, 0.3) is 0 Å². The highest BCUT2D eigenvalue weighted by atomic mass is 16.4. The lowest BCUT2D eigenvalue weighted by Crippen LogP contribution is -2.10. The molecule has 0 aliphatic heterocycles. The van der Waals surface area contributed by atoms with E-state index in [0.717, 1.165) is 0 Å². The Morgan fingerprint density at radius 3 is 2.05 bits per heavy atom. The third-order valence-electron chi connectivity index (χ3n) is 2.10. The third kappa shape index (κ3) is 4.86. The van der Waals surface area contributed by atoms with Crippen molar-refractivity contribution in [2.24, 2.45) is 5.73 Å². The standard InChI is InChI=1S/C7H7NO2.C6H6N2O/c8-6-3-1-5(2-4-6)7(9)10;7-6(9)5-2-1-3-8-4-5/h1-4H,8H2,(H,9,10);1-4H,(H2,7,9). The summed E-state index contributed by atoms with van der Waals surface area (Å²) >= 11 is 0. The molecule has 0 bridgehead atoms. The van der Waals surface area contributed by atoms with Crippen LogP contribution in [0.5, 0.6) is 0 Å². The molecule has 2 aromatic rings. The van der Waals surface area contributed by atoms with Gasteiger partial charge in [-0.15, -0.1) is 0 Å². The Morgan fingerprint density at radius 1 is 1.05 bits per heavy atom. The molecule has 98 valence electrons. The van der Waals surface area contributed by atoms with E-state index in [1.54, 1.807) is 30.5 Å². The fourth-order valence-corrected chi connectivity index (χ4v) is 1.13. The van der Waals surface area contributed by atoms with E-state index < -0.39 is 11.9 Å². The van der Waals surface area contributed by atoms with Crippen molar-refractivity contribution in [2.75, 3.05) is 5.73 Å². The van der Waals surface area contributed by atoms with Gasteiger partial charge in [0.2, 0.25) is 5.91 Å². The molecular formula is C13H13N3O3. The van der Waals surface area contributed by atoms with Gasteiger partial charge >= 0.3 is 5.97 Å². The quantitative estimate of drug-likeness (QED) is 0.699. The summed E-state index contributed by atoms with van der Waals surface area (Å²) in [4.78, 5) is 24.4. The lowest BCUT2D eigenvalue weighted by atomic mass is 10.2. The van der Waals surface area contributed by atoms with Gasteiger partial charge in [0.1, 0.15) is 0 Å². The highest BCUT2D eigenvalue weighted by Gasteiger charge is 1.98. The fourth-order valence-electron chi connectivity index (χ4n) is 1.13. The minimum absolute atomic E-state index is 0.259. The van der Waals surface area contributed by atoms with Crippen molar-refractivity contribution in [1.82, 2.24) is 4.98 Å². The number of nitrogen functional groups attached to an aromatic ring is 1. The maximum absolute atomic E-state index is 10.4. The average molecular weight is 259 g/mol. The van der Waals surface area contributed by atoms with Crippen molar-refractivity contribution in [1.29, 1.82) is 0 Å². The van der Waals surface area contributed by atoms with E-state index >= 15 is 0 Å². The van der Waals surface area contributed by atoms with Gasteiger partial charge in [0, 0.05) is 18.1 Å². The predicted molar refractivity (Wildman–Crippen MR) is 70.6 cm³/mol. The Balaban J connectivity index is 0.000000191. The van der Waals surface area contributed by atoms with Gasteiger partial charge in [-0.1, -0.05) is 0 Å². The number of aromatic carboxylic acids is 1. The minimum atomic E-state index is -0.931. The van der Waals surface area contributed by atoms with E-state index in [9.17, 15) is 9.59 Å². The molecular weight excluding hydrogens is 246 g/mol. The zero-order valence-electron chi connectivity index (χ0n) is 9.98. The summed E-state index contributed by atoms with van der Waals surface area (Å²) in [5.41, 5.74) is 11.5. The Kier molecular flexibility index (Phi) is 5.04. The van der Waals surface area contributed by atoms with Gasteiger partial charge in [0.05, 0.1) is 11.1 Å². The van der Waals surface area contributed by atoms with Crippen molar-refractivity contribution in [3.05, 3.63) is 59.9 Å². The molecule has 6 nitrogen and oxygen atoms in total. The van der Waals surface area contributed by atoms with Crippen LogP contribution in [0.25, 0.3) is 0 Å². The summed E-state index contributed by atoms with van der Waals surface area (Å²) in [6.07, 6.45) is 3.02. The van der Waals surface area contributed by atoms with Crippen LogP contribution in [0.4, 0.5) is 5.69 Å². The SMILES string of the molecule is NC(=O)c1cccnc1.Nc1ccc(C(=O)O)cc1. The predicted octanol–water partition coefficient (Wildman–Crippen LogP) is 1.15. The molecule has 1 aromatic carbocycles. The number of primary amides is 1. The Morgan fingerprint density at radius 2 is 1.68 bits per heavy atom. The highest BCUT2D eigenvalue weighted by molar-refractivity contribution is 5.92. The molecule has 0 aliphatic rings. The van der Waals surface area contributed by atoms with Gasteiger partial charge in [-0.2, -0.15) is 0 Å². The second-order valence-electron chi connectivity index (χ2n) is 3.53. The molecule has 5 N–H and O–H groups in total. The van der Waals surface area contributed by atoms with Gasteiger partial charge in [-0.05, 0) is 36.4 Å². The number of nitrogens with two attached hydrogens (primary N) is 2. The van der Waals surface area contributed by atoms with Crippen LogP contribution in [0.3, 0.4) is 0 Å². The molecule has 0 saturated heterocycles. The van der Waals surface area contributed by atoms with Gasteiger partial charge < -0.3 is 16.6 Å². The summed E-state index contributed by atoms with van der Waals surface area (Å²) in [6.45, 7) is 0. The molecule has 1 amide bonds. The van der Waals surface area contributed by atoms with E-state index in [0.29, 0.717) is 11.3 Å². The number of hydrogen-bond acceptors (Lipinski definition) is 4. The molecule has 0 spiro atoms. The molecule has 19 heavy (non-hydrogen) atoms. The number of amides is 1. The highest BCUT2D eigenvalue weighted by Crippen LogP contribution is 2.04. The van der Waals surface area contributed by atoms with E-state index in [1.165, 1.54) is 18.3 Å². The number of anilines is 1. The van der Waals surface area contributed by atoms with Crippen molar-refractivity contribution in [3.8, 4) is 0 Å². The number of aromatic nitrogens is 1. The summed E-state index contributed by atoms with van der Waals surface area (Å²) < 4.78 is 0. The normalized spacial score (nSPS) is 9.05. The summed E-state index contributed by atoms with van der Waals surface area (Å²) in [5, 5.41) is 8.43. The minimum Gasteiger partial charge on any atom is -0.478 e. The van der Waals surface area contributed by atoms with Crippen LogP contribution < -0.4 is 11.5 Å². The molecule has 1 heterocycles. The first-order valence-corrected chi connectivity index (χ1v) is 5.29. The van der Waals surface area contributed by atoms with Crippen LogP contribution in [0, 0.1) is 0 Å². The largest absolute Gasteiger partial charge is 0.478 e. The van der Waals surface area contributed by atoms with E-state index in [-0.39, 0.29) is 5.56 Å². The average Bonchev–Trinajstić information content (AvgIpc) is 2.41. The van der Waals surface area contributed by atoms with Crippen LogP contribution >= 0.6 is 0 Å². The fraction of sp³-hybridized carbons (Fsp3) is 0. The van der Waals surface area contributed by atoms with Crippen LogP contribution in [0.2, 0.25) is 0 Å². The lowest BCUT2D eigenvalue weighted by molar-refractivity contribution is 0.0696. The summed E-state index contributed by atoms with van der Waals surface area (Å²) in [6, 6.07) is 9.34.